The van der Waals surface area contributed by atoms with E-state index in [0.29, 0.717) is 12.5 Å². The van der Waals surface area contributed by atoms with E-state index in [0.717, 1.165) is 34.4 Å². The maximum Gasteiger partial charge on any atom is 0.321 e. The van der Waals surface area contributed by atoms with Crippen molar-refractivity contribution >= 4 is 23.7 Å². The Morgan fingerprint density at radius 3 is 2.57 bits per heavy atom. The predicted octanol–water partition coefficient (Wildman–Crippen LogP) is 2.50. The maximum atomic E-state index is 11.8. The molecule has 8 heteroatoms. The van der Waals surface area contributed by atoms with E-state index in [4.69, 9.17) is 0 Å². The van der Waals surface area contributed by atoms with Crippen LogP contribution in [0.15, 0.2) is 23.5 Å². The van der Waals surface area contributed by atoms with Crippen LogP contribution in [0.25, 0.3) is 0 Å². The van der Waals surface area contributed by atoms with E-state index >= 15 is 0 Å². The minimum atomic E-state index is -0.299. The summed E-state index contributed by atoms with van der Waals surface area (Å²) in [6.45, 7) is 6.23. The third-order valence-electron chi connectivity index (χ3n) is 2.82. The van der Waals surface area contributed by atoms with E-state index in [1.54, 1.807) is 18.0 Å². The summed E-state index contributed by atoms with van der Waals surface area (Å²) < 4.78 is 0. The Labute approximate surface area is 139 Å². The summed E-state index contributed by atoms with van der Waals surface area (Å²) in [6.07, 6.45) is 2.57. The van der Waals surface area contributed by atoms with Crippen LogP contribution >= 0.6 is 11.8 Å². The number of aromatic nitrogens is 4. The lowest BCUT2D eigenvalue weighted by atomic mass is 10.4. The molecule has 0 atom stereocenters. The fourth-order valence-corrected chi connectivity index (χ4v) is 2.68. The summed E-state index contributed by atoms with van der Waals surface area (Å²) in [7, 11) is 0. The summed E-state index contributed by atoms with van der Waals surface area (Å²) in [5.74, 6) is 1.16. The number of amides is 2. The van der Waals surface area contributed by atoms with E-state index < -0.39 is 0 Å². The van der Waals surface area contributed by atoms with Crippen LogP contribution in [0.3, 0.4) is 0 Å². The van der Waals surface area contributed by atoms with Crippen LogP contribution in [0.1, 0.15) is 23.5 Å². The standard InChI is InChI=1S/C15H20N6OS/c1-10-5-7-17-15(20-10)23-8-4-6-16-14(22)21-13-18-11(2)9-12(3)19-13/h5,7,9H,4,6,8H2,1-3H3,(H2,16,18,19,21,22). The van der Waals surface area contributed by atoms with E-state index in [-0.39, 0.29) is 6.03 Å². The molecule has 2 aromatic rings. The lowest BCUT2D eigenvalue weighted by Crippen LogP contribution is -2.30. The lowest BCUT2D eigenvalue weighted by Gasteiger charge is -2.07. The summed E-state index contributed by atoms with van der Waals surface area (Å²) >= 11 is 1.58. The normalized spacial score (nSPS) is 10.4. The highest BCUT2D eigenvalue weighted by molar-refractivity contribution is 7.99. The number of urea groups is 1. The Bertz CT molecular complexity index is 659. The Morgan fingerprint density at radius 1 is 1.13 bits per heavy atom. The van der Waals surface area contributed by atoms with Crippen molar-refractivity contribution in [2.24, 2.45) is 0 Å². The van der Waals surface area contributed by atoms with Gasteiger partial charge in [0.05, 0.1) is 0 Å². The first kappa shape index (κ1) is 17.1. The van der Waals surface area contributed by atoms with E-state index in [2.05, 4.69) is 30.6 Å². The van der Waals surface area contributed by atoms with Gasteiger partial charge in [0.1, 0.15) is 0 Å². The van der Waals surface area contributed by atoms with Gasteiger partial charge in [-0.3, -0.25) is 5.32 Å². The van der Waals surface area contributed by atoms with Gasteiger partial charge in [-0.25, -0.2) is 24.7 Å². The third kappa shape index (κ3) is 6.19. The van der Waals surface area contributed by atoms with Crippen LogP contribution in [0.4, 0.5) is 10.7 Å². The molecular weight excluding hydrogens is 312 g/mol. The number of carbonyl (C=O) groups is 1. The van der Waals surface area contributed by atoms with Crippen molar-refractivity contribution < 1.29 is 4.79 Å². The fourth-order valence-electron chi connectivity index (χ4n) is 1.86. The second-order valence-corrected chi connectivity index (χ2v) is 6.10. The molecule has 2 aromatic heterocycles. The first-order chi connectivity index (χ1) is 11.0. The molecule has 0 aliphatic heterocycles. The summed E-state index contributed by atoms with van der Waals surface area (Å²) in [5.41, 5.74) is 2.60. The topological polar surface area (TPSA) is 92.7 Å². The number of hydrogen-bond donors (Lipinski definition) is 2. The molecule has 2 amide bonds. The first-order valence-electron chi connectivity index (χ1n) is 7.32. The zero-order valence-corrected chi connectivity index (χ0v) is 14.3. The number of thioether (sulfide) groups is 1. The molecule has 0 saturated heterocycles. The van der Waals surface area contributed by atoms with Crippen molar-refractivity contribution in [3.8, 4) is 0 Å². The number of hydrogen-bond acceptors (Lipinski definition) is 6. The van der Waals surface area contributed by atoms with Gasteiger partial charge in [0.2, 0.25) is 5.95 Å². The highest BCUT2D eigenvalue weighted by Crippen LogP contribution is 2.12. The highest BCUT2D eigenvalue weighted by Gasteiger charge is 2.05. The molecule has 0 radical (unpaired) electrons. The van der Waals surface area contributed by atoms with Crippen LogP contribution in [0.5, 0.6) is 0 Å². The number of rotatable bonds is 6. The van der Waals surface area contributed by atoms with Gasteiger partial charge in [0.15, 0.2) is 5.16 Å². The SMILES string of the molecule is Cc1cc(C)nc(NC(=O)NCCCSc2nccc(C)n2)n1. The lowest BCUT2D eigenvalue weighted by molar-refractivity contribution is 0.252. The van der Waals surface area contributed by atoms with E-state index in [9.17, 15) is 4.79 Å². The van der Waals surface area contributed by atoms with Gasteiger partial charge < -0.3 is 5.32 Å². The minimum Gasteiger partial charge on any atom is -0.338 e. The molecule has 0 spiro atoms. The molecule has 122 valence electrons. The summed E-state index contributed by atoms with van der Waals surface area (Å²) in [5, 5.41) is 6.18. The average molecular weight is 332 g/mol. The fraction of sp³-hybridized carbons (Fsp3) is 0.400. The van der Waals surface area contributed by atoms with Crippen molar-refractivity contribution in [1.29, 1.82) is 0 Å². The second-order valence-electron chi connectivity index (χ2n) is 5.04. The number of carbonyl (C=O) groups excluding carboxylic acids is 1. The van der Waals surface area contributed by atoms with Crippen LogP contribution in [0.2, 0.25) is 0 Å². The zero-order chi connectivity index (χ0) is 16.7. The molecule has 2 N–H and O–H groups in total. The third-order valence-corrected chi connectivity index (χ3v) is 3.77. The number of anilines is 1. The van der Waals surface area contributed by atoms with Gasteiger partial charge in [0.25, 0.3) is 0 Å². The van der Waals surface area contributed by atoms with E-state index in [1.807, 2.05) is 32.9 Å². The monoisotopic (exact) mass is 332 g/mol. The molecule has 0 aromatic carbocycles. The Hall–Kier alpha value is -2.22. The summed E-state index contributed by atoms with van der Waals surface area (Å²) in [6, 6.07) is 3.42. The molecule has 0 saturated carbocycles. The van der Waals surface area contributed by atoms with Crippen molar-refractivity contribution in [2.75, 3.05) is 17.6 Å². The smallest absolute Gasteiger partial charge is 0.321 e. The van der Waals surface area contributed by atoms with Crippen LogP contribution < -0.4 is 10.6 Å². The van der Waals surface area contributed by atoms with Crippen molar-refractivity contribution in [3.05, 3.63) is 35.4 Å². The molecule has 23 heavy (non-hydrogen) atoms. The molecule has 2 heterocycles. The Balaban J connectivity index is 1.67. The molecule has 0 bridgehead atoms. The maximum absolute atomic E-state index is 11.8. The molecular formula is C15H20N6OS. The first-order valence-corrected chi connectivity index (χ1v) is 8.31. The van der Waals surface area contributed by atoms with Gasteiger partial charge in [-0.15, -0.1) is 0 Å². The number of nitrogens with zero attached hydrogens (tertiary/aromatic N) is 4. The second kappa shape index (κ2) is 8.42. The largest absolute Gasteiger partial charge is 0.338 e. The van der Waals surface area contributed by atoms with Crippen molar-refractivity contribution in [2.45, 2.75) is 32.3 Å². The van der Waals surface area contributed by atoms with Gasteiger partial charge in [-0.2, -0.15) is 0 Å². The molecule has 0 aliphatic rings. The number of aryl methyl sites for hydroxylation is 3. The van der Waals surface area contributed by atoms with Crippen LogP contribution in [-0.4, -0.2) is 38.3 Å². The van der Waals surface area contributed by atoms with Crippen LogP contribution in [-0.2, 0) is 0 Å². The number of nitrogens with one attached hydrogen (secondary N) is 2. The van der Waals surface area contributed by atoms with Crippen molar-refractivity contribution in [1.82, 2.24) is 25.3 Å². The average Bonchev–Trinajstić information content (AvgIpc) is 2.45. The highest BCUT2D eigenvalue weighted by atomic mass is 32.2. The van der Waals surface area contributed by atoms with Gasteiger partial charge >= 0.3 is 6.03 Å². The molecule has 0 unspecified atom stereocenters. The molecule has 2 rings (SSSR count). The van der Waals surface area contributed by atoms with Gasteiger partial charge in [0, 0.05) is 35.6 Å². The predicted molar refractivity (Wildman–Crippen MR) is 90.6 cm³/mol. The molecule has 0 aliphatic carbocycles. The Kier molecular flexibility index (Phi) is 6.28. The quantitative estimate of drug-likeness (QED) is 0.480. The van der Waals surface area contributed by atoms with Gasteiger partial charge in [-0.1, -0.05) is 11.8 Å². The molecule has 7 nitrogen and oxygen atoms in total. The summed E-state index contributed by atoms with van der Waals surface area (Å²) in [4.78, 5) is 28.6. The minimum absolute atomic E-state index is 0.299. The van der Waals surface area contributed by atoms with Crippen molar-refractivity contribution in [3.63, 3.8) is 0 Å². The van der Waals surface area contributed by atoms with E-state index in [1.165, 1.54) is 0 Å². The zero-order valence-electron chi connectivity index (χ0n) is 13.5. The van der Waals surface area contributed by atoms with Gasteiger partial charge in [-0.05, 0) is 39.3 Å². The van der Waals surface area contributed by atoms with Crippen LogP contribution in [0, 0.1) is 20.8 Å². The Morgan fingerprint density at radius 2 is 1.87 bits per heavy atom. The molecule has 0 fully saturated rings.